The minimum atomic E-state index is 1.13. The normalized spacial score (nSPS) is 10.6. The zero-order valence-corrected chi connectivity index (χ0v) is 13.0. The Bertz CT molecular complexity index is 709. The second-order valence-electron chi connectivity index (χ2n) is 5.63. The maximum Gasteiger partial charge on any atom is -0.0151 e. The molecule has 0 saturated heterocycles. The van der Waals surface area contributed by atoms with Crippen LogP contribution in [0.3, 0.4) is 0 Å². The first kappa shape index (κ1) is 14.6. The highest BCUT2D eigenvalue weighted by molar-refractivity contribution is 5.72. The maximum absolute atomic E-state index is 3.22. The van der Waals surface area contributed by atoms with Crippen LogP contribution in [0.2, 0.25) is 0 Å². The number of hydrogen-bond donors (Lipinski definition) is 0. The Hall–Kier alpha value is -2.34. The molecule has 0 spiro atoms. The molecule has 0 bridgehead atoms. The van der Waals surface area contributed by atoms with Gasteiger partial charge in [0.05, 0.1) is 0 Å². The number of unbranched alkanes of at least 4 members (excludes halogenated alkanes) is 1. The lowest BCUT2D eigenvalue weighted by atomic mass is 9.95. The van der Waals surface area contributed by atoms with Crippen molar-refractivity contribution in [3.8, 4) is 22.3 Å². The molecule has 1 radical (unpaired) electrons. The van der Waals surface area contributed by atoms with E-state index in [0.717, 1.165) is 6.42 Å². The van der Waals surface area contributed by atoms with Crippen LogP contribution >= 0.6 is 0 Å². The van der Waals surface area contributed by atoms with Crippen LogP contribution in [0.5, 0.6) is 0 Å². The molecule has 0 fully saturated rings. The second-order valence-corrected chi connectivity index (χ2v) is 5.63. The summed E-state index contributed by atoms with van der Waals surface area (Å²) in [6.45, 7) is 2.24. The highest BCUT2D eigenvalue weighted by Gasteiger charge is 2.05. The van der Waals surface area contributed by atoms with Crippen LogP contribution < -0.4 is 0 Å². The van der Waals surface area contributed by atoms with Gasteiger partial charge in [0.15, 0.2) is 0 Å². The molecule has 0 heterocycles. The lowest BCUT2D eigenvalue weighted by Gasteiger charge is -2.10. The molecule has 3 aromatic rings. The molecular formula is C22H21. The fourth-order valence-corrected chi connectivity index (χ4v) is 2.79. The topological polar surface area (TPSA) is 0 Å². The second kappa shape index (κ2) is 7.09. The summed E-state index contributed by atoms with van der Waals surface area (Å²) in [7, 11) is 0. The van der Waals surface area contributed by atoms with E-state index in [2.05, 4.69) is 79.7 Å². The van der Waals surface area contributed by atoms with Gasteiger partial charge in [0.1, 0.15) is 0 Å². The van der Waals surface area contributed by atoms with E-state index in [1.807, 2.05) is 6.07 Å². The van der Waals surface area contributed by atoms with Gasteiger partial charge in [-0.3, -0.25) is 0 Å². The van der Waals surface area contributed by atoms with Crippen molar-refractivity contribution in [2.24, 2.45) is 0 Å². The largest absolute Gasteiger partial charge is 0.0654 e. The third kappa shape index (κ3) is 3.28. The number of aryl methyl sites for hydroxylation is 1. The van der Waals surface area contributed by atoms with Crippen LogP contribution in [0, 0.1) is 6.07 Å². The Balaban J connectivity index is 1.90. The molecule has 0 atom stereocenters. The third-order valence-electron chi connectivity index (χ3n) is 4.05. The van der Waals surface area contributed by atoms with E-state index in [-0.39, 0.29) is 0 Å². The van der Waals surface area contributed by atoms with Crippen molar-refractivity contribution in [1.29, 1.82) is 0 Å². The Kier molecular flexibility index (Phi) is 4.70. The highest BCUT2D eigenvalue weighted by Crippen LogP contribution is 2.27. The molecule has 0 aliphatic carbocycles. The van der Waals surface area contributed by atoms with Crippen molar-refractivity contribution in [2.75, 3.05) is 0 Å². The Labute approximate surface area is 133 Å². The van der Waals surface area contributed by atoms with Gasteiger partial charge in [-0.05, 0) is 46.7 Å². The van der Waals surface area contributed by atoms with E-state index in [4.69, 9.17) is 0 Å². The summed E-state index contributed by atoms with van der Waals surface area (Å²) in [4.78, 5) is 0. The Morgan fingerprint density at radius 2 is 1.45 bits per heavy atom. The first-order valence-corrected chi connectivity index (χ1v) is 8.03. The van der Waals surface area contributed by atoms with E-state index >= 15 is 0 Å². The van der Waals surface area contributed by atoms with E-state index in [1.165, 1.54) is 40.7 Å². The van der Waals surface area contributed by atoms with Gasteiger partial charge in [-0.15, -0.1) is 0 Å². The van der Waals surface area contributed by atoms with Gasteiger partial charge in [-0.2, -0.15) is 0 Å². The zero-order chi connectivity index (χ0) is 15.2. The van der Waals surface area contributed by atoms with Gasteiger partial charge >= 0.3 is 0 Å². The summed E-state index contributed by atoms with van der Waals surface area (Å²) in [5.41, 5.74) is 6.56. The van der Waals surface area contributed by atoms with Crippen LogP contribution in [0.25, 0.3) is 22.3 Å². The summed E-state index contributed by atoms with van der Waals surface area (Å²) in [5, 5.41) is 0. The summed E-state index contributed by atoms with van der Waals surface area (Å²) < 4.78 is 0. The Morgan fingerprint density at radius 1 is 0.773 bits per heavy atom. The van der Waals surface area contributed by atoms with Gasteiger partial charge < -0.3 is 0 Å². The van der Waals surface area contributed by atoms with Gasteiger partial charge in [0.25, 0.3) is 0 Å². The van der Waals surface area contributed by atoms with Gasteiger partial charge in [0.2, 0.25) is 0 Å². The van der Waals surface area contributed by atoms with Crippen LogP contribution in [0.4, 0.5) is 0 Å². The average molecular weight is 285 g/mol. The van der Waals surface area contributed by atoms with E-state index in [0.29, 0.717) is 0 Å². The molecule has 3 aromatic carbocycles. The average Bonchev–Trinajstić information content (AvgIpc) is 2.61. The molecule has 0 amide bonds. The molecule has 0 aliphatic rings. The van der Waals surface area contributed by atoms with E-state index < -0.39 is 0 Å². The maximum atomic E-state index is 3.22. The van der Waals surface area contributed by atoms with Crippen molar-refractivity contribution in [1.82, 2.24) is 0 Å². The molecule has 0 N–H and O–H groups in total. The van der Waals surface area contributed by atoms with Gasteiger partial charge in [-0.1, -0.05) is 86.1 Å². The highest BCUT2D eigenvalue weighted by atomic mass is 14.1. The van der Waals surface area contributed by atoms with Crippen LogP contribution in [-0.4, -0.2) is 0 Å². The quantitative estimate of drug-likeness (QED) is 0.526. The monoisotopic (exact) mass is 285 g/mol. The van der Waals surface area contributed by atoms with Crippen molar-refractivity contribution in [2.45, 2.75) is 26.2 Å². The summed E-state index contributed by atoms with van der Waals surface area (Å²) >= 11 is 0. The lowest BCUT2D eigenvalue weighted by molar-refractivity contribution is 0.796. The van der Waals surface area contributed by atoms with Crippen molar-refractivity contribution in [3.05, 3.63) is 84.4 Å². The number of hydrogen-bond acceptors (Lipinski definition) is 0. The van der Waals surface area contributed by atoms with Crippen molar-refractivity contribution in [3.63, 3.8) is 0 Å². The predicted molar refractivity (Wildman–Crippen MR) is 94.8 cm³/mol. The first-order valence-electron chi connectivity index (χ1n) is 8.03. The minimum absolute atomic E-state index is 1.13. The molecule has 3 rings (SSSR count). The molecule has 0 unspecified atom stereocenters. The standard InChI is InChI=1S/C22H21/c1-2-3-9-20-12-7-8-13-22(20)21-16-14-19(15-17-21)18-10-5-4-6-11-18/h4-6,8,10-17H,2-3,9H2,1H3. The van der Waals surface area contributed by atoms with Crippen LogP contribution in [-0.2, 0) is 6.42 Å². The fraction of sp³-hybridized carbons (Fsp3) is 0.182. The lowest BCUT2D eigenvalue weighted by Crippen LogP contribution is -1.90. The molecule has 0 aliphatic heterocycles. The Morgan fingerprint density at radius 3 is 2.18 bits per heavy atom. The molecule has 0 nitrogen and oxygen atoms in total. The van der Waals surface area contributed by atoms with Crippen LogP contribution in [0.1, 0.15) is 25.3 Å². The summed E-state index contributed by atoms with van der Waals surface area (Å²) in [6.07, 6.45) is 3.58. The fourth-order valence-electron chi connectivity index (χ4n) is 2.79. The molecule has 22 heavy (non-hydrogen) atoms. The molecule has 0 saturated carbocycles. The van der Waals surface area contributed by atoms with E-state index in [9.17, 15) is 0 Å². The van der Waals surface area contributed by atoms with Gasteiger partial charge in [0, 0.05) is 0 Å². The van der Waals surface area contributed by atoms with E-state index in [1.54, 1.807) is 0 Å². The first-order chi connectivity index (χ1) is 10.9. The SMILES string of the molecule is CCCCc1c[c]ccc1-c1ccc(-c2ccccc2)cc1. The predicted octanol–water partition coefficient (Wildman–Crippen LogP) is 6.16. The minimum Gasteiger partial charge on any atom is -0.0654 e. The molecule has 109 valence electrons. The van der Waals surface area contributed by atoms with Gasteiger partial charge in [-0.25, -0.2) is 0 Å². The molecule has 0 heteroatoms. The molecule has 0 aromatic heterocycles. The van der Waals surface area contributed by atoms with Crippen molar-refractivity contribution >= 4 is 0 Å². The molecular weight excluding hydrogens is 264 g/mol. The number of rotatable bonds is 5. The third-order valence-corrected chi connectivity index (χ3v) is 4.05. The number of benzene rings is 3. The van der Waals surface area contributed by atoms with Crippen LogP contribution in [0.15, 0.2) is 72.8 Å². The zero-order valence-electron chi connectivity index (χ0n) is 13.0. The summed E-state index contributed by atoms with van der Waals surface area (Å²) in [6, 6.07) is 29.0. The summed E-state index contributed by atoms with van der Waals surface area (Å²) in [5.74, 6) is 0. The van der Waals surface area contributed by atoms with Crippen molar-refractivity contribution < 1.29 is 0 Å². The smallest absolute Gasteiger partial charge is 0.0151 e.